The summed E-state index contributed by atoms with van der Waals surface area (Å²) in [5, 5.41) is 8.78. The van der Waals surface area contributed by atoms with Crippen LogP contribution in [0.5, 0.6) is 0 Å². The molecule has 0 atom stereocenters. The number of rotatable bonds is 4. The van der Waals surface area contributed by atoms with Gasteiger partial charge in [-0.2, -0.15) is 0 Å². The molecular formula is C15H20N2O3. The van der Waals surface area contributed by atoms with E-state index in [2.05, 4.69) is 0 Å². The molecule has 1 heterocycles. The Labute approximate surface area is 118 Å². The van der Waals surface area contributed by atoms with Gasteiger partial charge in [0.25, 0.3) is 0 Å². The van der Waals surface area contributed by atoms with Crippen molar-refractivity contribution in [2.75, 3.05) is 25.5 Å². The molecule has 0 saturated heterocycles. The van der Waals surface area contributed by atoms with Gasteiger partial charge in [-0.25, -0.2) is 0 Å². The molecule has 1 aromatic rings. The predicted octanol–water partition coefficient (Wildman–Crippen LogP) is 1.46. The van der Waals surface area contributed by atoms with Gasteiger partial charge in [0.2, 0.25) is 5.91 Å². The number of hydrogen-bond acceptors (Lipinski definition) is 3. The molecule has 0 fully saturated rings. The van der Waals surface area contributed by atoms with Crippen molar-refractivity contribution < 1.29 is 14.7 Å². The lowest BCUT2D eigenvalue weighted by Crippen LogP contribution is -2.33. The maximum absolute atomic E-state index is 12.2. The van der Waals surface area contributed by atoms with Crippen molar-refractivity contribution in [2.24, 2.45) is 0 Å². The Morgan fingerprint density at radius 2 is 2.05 bits per heavy atom. The zero-order chi connectivity index (χ0) is 15.1. The molecule has 1 N–H and O–H groups in total. The lowest BCUT2D eigenvalue weighted by atomic mass is 9.85. The van der Waals surface area contributed by atoms with E-state index in [1.807, 2.05) is 32.0 Å². The third kappa shape index (κ3) is 2.41. The summed E-state index contributed by atoms with van der Waals surface area (Å²) in [7, 11) is 3.55. The molecular weight excluding hydrogens is 256 g/mol. The van der Waals surface area contributed by atoms with Crippen LogP contribution in [0.1, 0.15) is 25.0 Å². The minimum atomic E-state index is -0.844. The summed E-state index contributed by atoms with van der Waals surface area (Å²) in [6.45, 7) is 4.39. The number of hydrogen-bond donors (Lipinski definition) is 1. The number of likely N-dealkylation sites (N-methyl/N-ethyl adjacent to an activating group) is 2. The number of carbonyl (C=O) groups is 2. The smallest absolute Gasteiger partial charge is 0.317 e. The van der Waals surface area contributed by atoms with Crippen LogP contribution in [0.25, 0.3) is 0 Å². The lowest BCUT2D eigenvalue weighted by Gasteiger charge is -2.18. The van der Waals surface area contributed by atoms with Gasteiger partial charge in [0.05, 0.1) is 12.0 Å². The van der Waals surface area contributed by atoms with Crippen LogP contribution in [0.2, 0.25) is 0 Å². The molecule has 0 bridgehead atoms. The van der Waals surface area contributed by atoms with Crippen molar-refractivity contribution in [3.8, 4) is 0 Å². The van der Waals surface area contributed by atoms with Crippen LogP contribution in [0.15, 0.2) is 18.2 Å². The van der Waals surface area contributed by atoms with E-state index in [1.54, 1.807) is 23.9 Å². The SMILES string of the molecule is CN(CC(=O)O)Cc1ccc2c(c1)C(C)(C)C(=O)N2C. The summed E-state index contributed by atoms with van der Waals surface area (Å²) in [5.74, 6) is -0.757. The molecule has 1 amide bonds. The molecule has 5 nitrogen and oxygen atoms in total. The Morgan fingerprint density at radius 3 is 2.65 bits per heavy atom. The van der Waals surface area contributed by atoms with E-state index < -0.39 is 11.4 Å². The van der Waals surface area contributed by atoms with Crippen LogP contribution >= 0.6 is 0 Å². The van der Waals surface area contributed by atoms with Gasteiger partial charge in [0, 0.05) is 19.3 Å². The highest BCUT2D eigenvalue weighted by atomic mass is 16.4. The molecule has 0 aliphatic carbocycles. The first-order valence-corrected chi connectivity index (χ1v) is 6.55. The minimum absolute atomic E-state index is 0.000684. The van der Waals surface area contributed by atoms with E-state index in [-0.39, 0.29) is 12.5 Å². The number of anilines is 1. The first kappa shape index (κ1) is 14.5. The molecule has 1 aliphatic rings. The number of carboxylic acid groups (broad SMARTS) is 1. The van der Waals surface area contributed by atoms with Crippen LogP contribution in [0, 0.1) is 0 Å². The molecule has 108 valence electrons. The maximum atomic E-state index is 12.2. The van der Waals surface area contributed by atoms with Gasteiger partial charge in [-0.15, -0.1) is 0 Å². The van der Waals surface area contributed by atoms with E-state index in [9.17, 15) is 9.59 Å². The molecule has 5 heteroatoms. The Balaban J connectivity index is 2.27. The highest BCUT2D eigenvalue weighted by molar-refractivity contribution is 6.07. The summed E-state index contributed by atoms with van der Waals surface area (Å²) in [4.78, 5) is 26.3. The lowest BCUT2D eigenvalue weighted by molar-refractivity contribution is -0.138. The second-order valence-electron chi connectivity index (χ2n) is 5.91. The monoisotopic (exact) mass is 276 g/mol. The zero-order valence-corrected chi connectivity index (χ0v) is 12.3. The summed E-state index contributed by atoms with van der Waals surface area (Å²) in [6.07, 6.45) is 0. The van der Waals surface area contributed by atoms with Crippen LogP contribution in [-0.4, -0.2) is 42.5 Å². The van der Waals surface area contributed by atoms with Gasteiger partial charge in [-0.3, -0.25) is 14.5 Å². The molecule has 0 unspecified atom stereocenters. The number of carboxylic acids is 1. The summed E-state index contributed by atoms with van der Waals surface area (Å²) < 4.78 is 0. The van der Waals surface area contributed by atoms with Crippen LogP contribution < -0.4 is 4.90 Å². The fraction of sp³-hybridized carbons (Fsp3) is 0.467. The first-order valence-electron chi connectivity index (χ1n) is 6.55. The minimum Gasteiger partial charge on any atom is -0.480 e. The standard InChI is InChI=1S/C15H20N2O3/c1-15(2)11-7-10(8-16(3)9-13(18)19)5-6-12(11)17(4)14(15)20/h5-7H,8-9H2,1-4H3,(H,18,19). The number of benzene rings is 1. The largest absolute Gasteiger partial charge is 0.480 e. The average Bonchev–Trinajstić information content (AvgIpc) is 2.50. The second-order valence-corrected chi connectivity index (χ2v) is 5.91. The van der Waals surface area contributed by atoms with E-state index >= 15 is 0 Å². The van der Waals surface area contributed by atoms with Crippen LogP contribution in [-0.2, 0) is 21.5 Å². The first-order chi connectivity index (χ1) is 9.23. The quantitative estimate of drug-likeness (QED) is 0.904. The van der Waals surface area contributed by atoms with Crippen molar-refractivity contribution in [2.45, 2.75) is 25.8 Å². The van der Waals surface area contributed by atoms with Crippen molar-refractivity contribution in [1.29, 1.82) is 0 Å². The van der Waals surface area contributed by atoms with E-state index in [0.717, 1.165) is 16.8 Å². The zero-order valence-electron chi connectivity index (χ0n) is 12.3. The van der Waals surface area contributed by atoms with Gasteiger partial charge >= 0.3 is 5.97 Å². The number of carbonyl (C=O) groups excluding carboxylic acids is 1. The van der Waals surface area contributed by atoms with Crippen molar-refractivity contribution in [3.05, 3.63) is 29.3 Å². The Morgan fingerprint density at radius 1 is 1.40 bits per heavy atom. The van der Waals surface area contributed by atoms with E-state index in [0.29, 0.717) is 6.54 Å². The Hall–Kier alpha value is -1.88. The van der Waals surface area contributed by atoms with Crippen LogP contribution in [0.3, 0.4) is 0 Å². The third-order valence-corrected chi connectivity index (χ3v) is 3.79. The molecule has 0 radical (unpaired) electrons. The maximum Gasteiger partial charge on any atom is 0.317 e. The topological polar surface area (TPSA) is 60.9 Å². The third-order valence-electron chi connectivity index (χ3n) is 3.79. The van der Waals surface area contributed by atoms with Gasteiger partial charge < -0.3 is 10.0 Å². The van der Waals surface area contributed by atoms with E-state index in [4.69, 9.17) is 5.11 Å². The van der Waals surface area contributed by atoms with Crippen molar-refractivity contribution >= 4 is 17.6 Å². The highest BCUT2D eigenvalue weighted by Gasteiger charge is 2.42. The van der Waals surface area contributed by atoms with Gasteiger partial charge in [-0.1, -0.05) is 12.1 Å². The fourth-order valence-corrected chi connectivity index (χ4v) is 2.72. The molecule has 2 rings (SSSR count). The summed E-state index contributed by atoms with van der Waals surface area (Å²) in [6, 6.07) is 5.89. The Bertz CT molecular complexity index is 566. The molecule has 0 spiro atoms. The number of aliphatic carboxylic acids is 1. The van der Waals surface area contributed by atoms with Gasteiger partial charge in [0.15, 0.2) is 0 Å². The average molecular weight is 276 g/mol. The normalized spacial score (nSPS) is 16.6. The molecule has 1 aromatic carbocycles. The van der Waals surface area contributed by atoms with Gasteiger partial charge in [-0.05, 0) is 38.1 Å². The molecule has 0 aromatic heterocycles. The summed E-state index contributed by atoms with van der Waals surface area (Å²) in [5.41, 5.74) is 2.44. The Kier molecular flexibility index (Phi) is 3.56. The molecule has 20 heavy (non-hydrogen) atoms. The van der Waals surface area contributed by atoms with Gasteiger partial charge in [0.1, 0.15) is 0 Å². The molecule has 0 saturated carbocycles. The van der Waals surface area contributed by atoms with Crippen molar-refractivity contribution in [1.82, 2.24) is 4.90 Å². The van der Waals surface area contributed by atoms with Crippen molar-refractivity contribution in [3.63, 3.8) is 0 Å². The molecule has 1 aliphatic heterocycles. The fourth-order valence-electron chi connectivity index (χ4n) is 2.72. The van der Waals surface area contributed by atoms with E-state index in [1.165, 1.54) is 0 Å². The number of amides is 1. The predicted molar refractivity (Wildman–Crippen MR) is 76.8 cm³/mol. The van der Waals surface area contributed by atoms with Crippen LogP contribution in [0.4, 0.5) is 5.69 Å². The summed E-state index contributed by atoms with van der Waals surface area (Å²) >= 11 is 0. The second kappa shape index (κ2) is 4.90. The number of fused-ring (bicyclic) bond motifs is 1. The number of nitrogens with zero attached hydrogens (tertiary/aromatic N) is 2. The highest BCUT2D eigenvalue weighted by Crippen LogP contribution is 2.41.